The maximum Gasteiger partial charge on any atom is 0.184 e. The van der Waals surface area contributed by atoms with Crippen molar-refractivity contribution in [2.24, 2.45) is 7.05 Å². The van der Waals surface area contributed by atoms with Crippen molar-refractivity contribution in [1.82, 2.24) is 24.3 Å². The Bertz CT molecular complexity index is 1380. The fraction of sp³-hybridized carbons (Fsp3) is 0.208. The molecule has 6 rings (SSSR count). The summed E-state index contributed by atoms with van der Waals surface area (Å²) in [4.78, 5) is 9.35. The van der Waals surface area contributed by atoms with Crippen molar-refractivity contribution < 1.29 is 0 Å². The number of anilines is 1. The predicted molar refractivity (Wildman–Crippen MR) is 124 cm³/mol. The van der Waals surface area contributed by atoms with Crippen LogP contribution in [0.3, 0.4) is 0 Å². The molecule has 154 valence electrons. The van der Waals surface area contributed by atoms with Crippen LogP contribution in [0.4, 0.5) is 5.13 Å². The first-order valence-corrected chi connectivity index (χ1v) is 11.3. The zero-order chi connectivity index (χ0) is 20.8. The summed E-state index contributed by atoms with van der Waals surface area (Å²) in [6, 6.07) is 15.6. The molecule has 1 N–H and O–H groups in total. The number of hydrogen-bond donors (Lipinski definition) is 1. The number of aryl methyl sites for hydroxylation is 2. The van der Waals surface area contributed by atoms with Gasteiger partial charge in [-0.3, -0.25) is 4.68 Å². The van der Waals surface area contributed by atoms with Crippen LogP contribution < -0.4 is 5.32 Å². The number of benzene rings is 2. The van der Waals surface area contributed by atoms with Crippen LogP contribution in [-0.4, -0.2) is 24.3 Å². The lowest BCUT2D eigenvalue weighted by Crippen LogP contribution is -2.06. The molecular formula is C24H22N6S. The van der Waals surface area contributed by atoms with Crippen molar-refractivity contribution in [3.05, 3.63) is 84.1 Å². The van der Waals surface area contributed by atoms with Crippen LogP contribution in [0.15, 0.2) is 67.4 Å². The Morgan fingerprint density at radius 3 is 3.00 bits per heavy atom. The van der Waals surface area contributed by atoms with E-state index in [0.29, 0.717) is 6.04 Å². The van der Waals surface area contributed by atoms with E-state index >= 15 is 0 Å². The minimum Gasteiger partial charge on any atom is -0.355 e. The lowest BCUT2D eigenvalue weighted by atomic mass is 10.1. The van der Waals surface area contributed by atoms with E-state index in [9.17, 15) is 0 Å². The standard InChI is InChI=1S/C24H22N6S/c1-29-13-18(11-26-29)22-14-30(15-25-22)12-16-6-8-21-23(10-16)31-24(28-21)27-20-9-7-17-4-2-3-5-19(17)20/h2-6,8,10-11,13-15,20H,7,9,12H2,1H3,(H,27,28)/t20-/m0/s1. The van der Waals surface area contributed by atoms with Crippen molar-refractivity contribution in [3.63, 3.8) is 0 Å². The zero-order valence-corrected chi connectivity index (χ0v) is 18.0. The van der Waals surface area contributed by atoms with E-state index in [1.165, 1.54) is 21.4 Å². The molecule has 0 bridgehead atoms. The van der Waals surface area contributed by atoms with Crippen LogP contribution in [0.2, 0.25) is 0 Å². The zero-order valence-electron chi connectivity index (χ0n) is 17.2. The summed E-state index contributed by atoms with van der Waals surface area (Å²) < 4.78 is 5.11. The topological polar surface area (TPSA) is 60.6 Å². The van der Waals surface area contributed by atoms with Gasteiger partial charge in [-0.1, -0.05) is 41.7 Å². The Morgan fingerprint density at radius 2 is 2.10 bits per heavy atom. The molecule has 0 fully saturated rings. The molecule has 3 aromatic heterocycles. The first-order valence-electron chi connectivity index (χ1n) is 10.5. The minimum atomic E-state index is 0.355. The quantitative estimate of drug-likeness (QED) is 0.428. The van der Waals surface area contributed by atoms with E-state index in [4.69, 9.17) is 4.98 Å². The molecule has 0 unspecified atom stereocenters. The maximum absolute atomic E-state index is 4.82. The lowest BCUT2D eigenvalue weighted by molar-refractivity contribution is 0.761. The van der Waals surface area contributed by atoms with Crippen molar-refractivity contribution in [2.45, 2.75) is 25.4 Å². The van der Waals surface area contributed by atoms with Gasteiger partial charge >= 0.3 is 0 Å². The molecule has 31 heavy (non-hydrogen) atoms. The van der Waals surface area contributed by atoms with E-state index < -0.39 is 0 Å². The van der Waals surface area contributed by atoms with E-state index in [1.54, 1.807) is 16.0 Å². The van der Waals surface area contributed by atoms with Crippen molar-refractivity contribution in [1.29, 1.82) is 0 Å². The number of aromatic nitrogens is 5. The molecule has 7 heteroatoms. The Hall–Kier alpha value is -3.45. The van der Waals surface area contributed by atoms with Crippen molar-refractivity contribution >= 4 is 26.7 Å². The minimum absolute atomic E-state index is 0.355. The number of imidazole rings is 1. The number of hydrogen-bond acceptors (Lipinski definition) is 5. The number of thiazole rings is 1. The van der Waals surface area contributed by atoms with Gasteiger partial charge in [-0.05, 0) is 41.7 Å². The summed E-state index contributed by atoms with van der Waals surface area (Å²) in [5.41, 5.74) is 7.12. The molecule has 0 saturated heterocycles. The lowest BCUT2D eigenvalue weighted by Gasteiger charge is -2.12. The average molecular weight is 427 g/mol. The van der Waals surface area contributed by atoms with E-state index in [0.717, 1.165) is 41.3 Å². The van der Waals surface area contributed by atoms with E-state index in [2.05, 4.69) is 68.6 Å². The molecule has 0 saturated carbocycles. The van der Waals surface area contributed by atoms with Gasteiger partial charge in [0, 0.05) is 31.5 Å². The summed E-state index contributed by atoms with van der Waals surface area (Å²) in [5, 5.41) is 8.89. The Balaban J connectivity index is 1.20. The van der Waals surface area contributed by atoms with Gasteiger partial charge < -0.3 is 9.88 Å². The molecule has 0 radical (unpaired) electrons. The molecular weight excluding hydrogens is 404 g/mol. The SMILES string of the molecule is Cn1cc(-c2cn(Cc3ccc4nc(N[C@H]5CCc6ccccc65)sc4c3)cn2)cn1. The smallest absolute Gasteiger partial charge is 0.184 e. The Kier molecular flexibility index (Phi) is 4.35. The molecule has 0 spiro atoms. The molecule has 3 heterocycles. The highest BCUT2D eigenvalue weighted by atomic mass is 32.1. The fourth-order valence-electron chi connectivity index (χ4n) is 4.35. The highest BCUT2D eigenvalue weighted by Gasteiger charge is 2.22. The van der Waals surface area contributed by atoms with Crippen LogP contribution >= 0.6 is 11.3 Å². The Labute approximate surface area is 184 Å². The summed E-state index contributed by atoms with van der Waals surface area (Å²) in [7, 11) is 1.92. The summed E-state index contributed by atoms with van der Waals surface area (Å²) in [6.07, 6.45) is 10.0. The van der Waals surface area contributed by atoms with Crippen LogP contribution in [0, 0.1) is 0 Å². The van der Waals surface area contributed by atoms with Crippen molar-refractivity contribution in [3.8, 4) is 11.3 Å². The van der Waals surface area contributed by atoms with Gasteiger partial charge in [-0.25, -0.2) is 9.97 Å². The van der Waals surface area contributed by atoms with Gasteiger partial charge in [0.1, 0.15) is 0 Å². The summed E-state index contributed by atoms with van der Waals surface area (Å²) in [6.45, 7) is 0.778. The molecule has 5 aromatic rings. The number of nitrogens with one attached hydrogen (secondary N) is 1. The van der Waals surface area contributed by atoms with Crippen LogP contribution in [0.25, 0.3) is 21.5 Å². The van der Waals surface area contributed by atoms with Gasteiger partial charge in [-0.2, -0.15) is 5.10 Å². The van der Waals surface area contributed by atoms with Gasteiger partial charge in [0.15, 0.2) is 5.13 Å². The van der Waals surface area contributed by atoms with E-state index in [-0.39, 0.29) is 0 Å². The molecule has 0 amide bonds. The molecule has 1 aliphatic rings. The molecule has 0 aliphatic heterocycles. The molecule has 2 aromatic carbocycles. The van der Waals surface area contributed by atoms with Gasteiger partial charge in [0.05, 0.1) is 34.5 Å². The van der Waals surface area contributed by atoms with Gasteiger partial charge in [0.2, 0.25) is 0 Å². The number of fused-ring (bicyclic) bond motifs is 2. The average Bonchev–Trinajstić information content (AvgIpc) is 3.55. The largest absolute Gasteiger partial charge is 0.355 e. The number of nitrogens with zero attached hydrogens (tertiary/aromatic N) is 5. The molecule has 6 nitrogen and oxygen atoms in total. The van der Waals surface area contributed by atoms with Crippen molar-refractivity contribution in [2.75, 3.05) is 5.32 Å². The first-order chi connectivity index (χ1) is 15.2. The first kappa shape index (κ1) is 18.3. The molecule has 1 atom stereocenters. The van der Waals surface area contributed by atoms with Gasteiger partial charge in [0.25, 0.3) is 0 Å². The normalized spacial score (nSPS) is 15.5. The van der Waals surface area contributed by atoms with Crippen LogP contribution in [-0.2, 0) is 20.0 Å². The maximum atomic E-state index is 4.82. The second-order valence-corrected chi connectivity index (χ2v) is 9.12. The van der Waals surface area contributed by atoms with E-state index in [1.807, 2.05) is 25.8 Å². The third-order valence-electron chi connectivity index (χ3n) is 5.88. The van der Waals surface area contributed by atoms with Crippen LogP contribution in [0.1, 0.15) is 29.2 Å². The second-order valence-electron chi connectivity index (χ2n) is 8.09. The van der Waals surface area contributed by atoms with Crippen LogP contribution in [0.5, 0.6) is 0 Å². The van der Waals surface area contributed by atoms with Gasteiger partial charge in [-0.15, -0.1) is 0 Å². The highest BCUT2D eigenvalue weighted by Crippen LogP contribution is 2.36. The Morgan fingerprint density at radius 1 is 1.16 bits per heavy atom. The summed E-state index contributed by atoms with van der Waals surface area (Å²) in [5.74, 6) is 0. The summed E-state index contributed by atoms with van der Waals surface area (Å²) >= 11 is 1.73. The second kappa shape index (κ2) is 7.35. The predicted octanol–water partition coefficient (Wildman–Crippen LogP) is 5.04. The molecule has 1 aliphatic carbocycles. The number of rotatable bonds is 5. The monoisotopic (exact) mass is 426 g/mol. The third-order valence-corrected chi connectivity index (χ3v) is 6.83. The third kappa shape index (κ3) is 3.51. The fourth-order valence-corrected chi connectivity index (χ4v) is 5.33. The highest BCUT2D eigenvalue weighted by molar-refractivity contribution is 7.22.